The van der Waals surface area contributed by atoms with E-state index in [1.807, 2.05) is 0 Å². The van der Waals surface area contributed by atoms with E-state index in [0.29, 0.717) is 30.1 Å². The minimum atomic E-state index is 0.317. The average Bonchev–Trinajstić information content (AvgIpc) is 2.68. The van der Waals surface area contributed by atoms with E-state index in [2.05, 4.69) is 49.3 Å². The zero-order valence-corrected chi connectivity index (χ0v) is 19.9. The Labute approximate surface area is 180 Å². The topological polar surface area (TPSA) is 30.0 Å². The number of likely N-dealkylation sites (tertiary alicyclic amines) is 1. The third-order valence-corrected chi connectivity index (χ3v) is 8.14. The van der Waals surface area contributed by atoms with Gasteiger partial charge >= 0.3 is 0 Å². The molecule has 1 N–H and O–H groups in total. The first kappa shape index (κ1) is 23.2. The Morgan fingerprint density at radius 3 is 2.45 bits per heavy atom. The maximum absolute atomic E-state index is 9.71. The fraction of sp³-hybridized carbons (Fsp3) is 0.920. The Morgan fingerprint density at radius 1 is 1.10 bits per heavy atom. The monoisotopic (exact) mass is 405 g/mol. The summed E-state index contributed by atoms with van der Waals surface area (Å²) in [5.74, 6) is 0. The van der Waals surface area contributed by atoms with Gasteiger partial charge in [-0.3, -0.25) is 4.90 Å². The third-order valence-electron chi connectivity index (χ3n) is 8.14. The Kier molecular flexibility index (Phi) is 8.22. The van der Waals surface area contributed by atoms with Crippen molar-refractivity contribution in [1.82, 2.24) is 14.7 Å². The molecule has 168 valence electrons. The van der Waals surface area contributed by atoms with Gasteiger partial charge in [0.25, 0.3) is 0 Å². The number of hydrogen-bond donors (Lipinski definition) is 1. The van der Waals surface area contributed by atoms with Crippen LogP contribution in [0.15, 0.2) is 11.1 Å². The van der Waals surface area contributed by atoms with E-state index in [-0.39, 0.29) is 0 Å². The van der Waals surface area contributed by atoms with Crippen LogP contribution in [0.2, 0.25) is 0 Å². The molecule has 3 rings (SSSR count). The average molecular weight is 406 g/mol. The molecule has 2 heterocycles. The van der Waals surface area contributed by atoms with Crippen molar-refractivity contribution < 1.29 is 5.11 Å². The second kappa shape index (κ2) is 10.3. The lowest BCUT2D eigenvalue weighted by atomic mass is 9.71. The van der Waals surface area contributed by atoms with E-state index in [1.165, 1.54) is 71.2 Å². The van der Waals surface area contributed by atoms with Gasteiger partial charge in [0.05, 0.1) is 0 Å². The molecule has 4 heteroatoms. The van der Waals surface area contributed by atoms with Gasteiger partial charge in [-0.15, -0.1) is 0 Å². The van der Waals surface area contributed by atoms with Crippen LogP contribution in [0.1, 0.15) is 79.6 Å². The quantitative estimate of drug-likeness (QED) is 0.645. The third kappa shape index (κ3) is 5.84. The lowest BCUT2D eigenvalue weighted by Gasteiger charge is -2.48. The van der Waals surface area contributed by atoms with Gasteiger partial charge in [-0.1, -0.05) is 25.0 Å². The summed E-state index contributed by atoms with van der Waals surface area (Å²) in [4.78, 5) is 8.07. The van der Waals surface area contributed by atoms with Crippen LogP contribution in [0.25, 0.3) is 0 Å². The minimum Gasteiger partial charge on any atom is -0.396 e. The summed E-state index contributed by atoms with van der Waals surface area (Å²) >= 11 is 0. The summed E-state index contributed by atoms with van der Waals surface area (Å²) in [6.45, 7) is 19.4. The molecule has 2 aliphatic heterocycles. The van der Waals surface area contributed by atoms with Gasteiger partial charge in [0.1, 0.15) is 0 Å². The molecule has 0 aromatic rings. The number of aliphatic hydroxyl groups excluding tert-OH is 1. The first-order chi connectivity index (χ1) is 13.8. The molecule has 29 heavy (non-hydrogen) atoms. The molecule has 0 unspecified atom stereocenters. The molecular weight excluding hydrogens is 358 g/mol. The van der Waals surface area contributed by atoms with Crippen LogP contribution in [0.4, 0.5) is 0 Å². The number of allylic oxidation sites excluding steroid dienone is 1. The molecule has 0 amide bonds. The highest BCUT2D eigenvalue weighted by atomic mass is 16.3. The molecule has 0 saturated carbocycles. The number of aliphatic hydroxyl groups is 1. The smallest absolute Gasteiger partial charge is 0.0446 e. The molecular formula is C25H47N3O. The van der Waals surface area contributed by atoms with Gasteiger partial charge in [-0.2, -0.15) is 0 Å². The largest absolute Gasteiger partial charge is 0.396 e. The summed E-state index contributed by atoms with van der Waals surface area (Å²) in [5.41, 5.74) is 3.77. The molecule has 0 aromatic carbocycles. The molecule has 1 aliphatic carbocycles. The van der Waals surface area contributed by atoms with E-state index < -0.39 is 0 Å². The van der Waals surface area contributed by atoms with E-state index in [4.69, 9.17) is 0 Å². The first-order valence-electron chi connectivity index (χ1n) is 12.3. The second-order valence-corrected chi connectivity index (χ2v) is 10.8. The van der Waals surface area contributed by atoms with Crippen molar-refractivity contribution in [3.05, 3.63) is 11.1 Å². The molecule has 0 spiro atoms. The van der Waals surface area contributed by atoms with E-state index in [9.17, 15) is 5.11 Å². The number of rotatable bonds is 7. The zero-order chi connectivity index (χ0) is 21.0. The van der Waals surface area contributed by atoms with Crippen molar-refractivity contribution in [2.75, 3.05) is 45.9 Å². The Morgan fingerprint density at radius 2 is 1.83 bits per heavy atom. The normalized spacial score (nSPS) is 28.4. The predicted octanol–water partition coefficient (Wildman–Crippen LogP) is 4.14. The summed E-state index contributed by atoms with van der Waals surface area (Å²) in [6, 6.07) is 1.91. The van der Waals surface area contributed by atoms with Gasteiger partial charge < -0.3 is 14.9 Å². The maximum atomic E-state index is 9.71. The lowest BCUT2D eigenvalue weighted by Crippen LogP contribution is -2.59. The zero-order valence-electron chi connectivity index (χ0n) is 19.9. The Bertz CT molecular complexity index is 548. The fourth-order valence-electron chi connectivity index (χ4n) is 6.25. The van der Waals surface area contributed by atoms with Crippen LogP contribution in [-0.2, 0) is 0 Å². The summed E-state index contributed by atoms with van der Waals surface area (Å²) in [6.07, 6.45) is 8.74. The van der Waals surface area contributed by atoms with Crippen LogP contribution < -0.4 is 0 Å². The molecule has 4 nitrogen and oxygen atoms in total. The highest BCUT2D eigenvalue weighted by molar-refractivity contribution is 5.22. The standard InChI is InChI=1S/C25H47N3O/c1-20(2)27-14-8-22(9-15-27)28-17-16-26(19-23(28)11-18-29)13-10-24-21(3)7-6-12-25(24,4)5/h20,22-23,29H,6-19H2,1-5H3/t23-/m1/s1. The van der Waals surface area contributed by atoms with Gasteiger partial charge in [0.15, 0.2) is 0 Å². The van der Waals surface area contributed by atoms with Crippen LogP contribution >= 0.6 is 0 Å². The first-order valence-corrected chi connectivity index (χ1v) is 12.3. The van der Waals surface area contributed by atoms with Crippen LogP contribution in [0.3, 0.4) is 0 Å². The Hall–Kier alpha value is -0.420. The molecule has 0 bridgehead atoms. The molecule has 0 aromatic heterocycles. The number of piperidine rings is 1. The van der Waals surface area contributed by atoms with E-state index >= 15 is 0 Å². The summed E-state index contributed by atoms with van der Waals surface area (Å²) < 4.78 is 0. The second-order valence-electron chi connectivity index (χ2n) is 10.8. The van der Waals surface area contributed by atoms with Gasteiger partial charge in [-0.05, 0) is 84.2 Å². The van der Waals surface area contributed by atoms with Crippen molar-refractivity contribution in [2.45, 2.75) is 97.7 Å². The minimum absolute atomic E-state index is 0.317. The Balaban J connectivity index is 1.55. The molecule has 3 aliphatic rings. The van der Waals surface area contributed by atoms with Crippen molar-refractivity contribution >= 4 is 0 Å². The van der Waals surface area contributed by atoms with Crippen molar-refractivity contribution in [3.63, 3.8) is 0 Å². The maximum Gasteiger partial charge on any atom is 0.0446 e. The van der Waals surface area contributed by atoms with Crippen LogP contribution in [-0.4, -0.2) is 83.8 Å². The lowest BCUT2D eigenvalue weighted by molar-refractivity contribution is 0.00229. The molecule has 2 fully saturated rings. The predicted molar refractivity (Wildman–Crippen MR) is 123 cm³/mol. The van der Waals surface area contributed by atoms with Gasteiger partial charge in [0.2, 0.25) is 0 Å². The van der Waals surface area contributed by atoms with Crippen molar-refractivity contribution in [3.8, 4) is 0 Å². The highest BCUT2D eigenvalue weighted by Crippen LogP contribution is 2.41. The van der Waals surface area contributed by atoms with Crippen LogP contribution in [0.5, 0.6) is 0 Å². The number of piperazine rings is 1. The molecule has 0 radical (unpaired) electrons. The number of nitrogens with zero attached hydrogens (tertiary/aromatic N) is 3. The summed E-state index contributed by atoms with van der Waals surface area (Å²) in [7, 11) is 0. The molecule has 2 saturated heterocycles. The highest BCUT2D eigenvalue weighted by Gasteiger charge is 2.34. The van der Waals surface area contributed by atoms with Gasteiger partial charge in [-0.25, -0.2) is 0 Å². The van der Waals surface area contributed by atoms with Crippen molar-refractivity contribution in [2.24, 2.45) is 5.41 Å². The van der Waals surface area contributed by atoms with E-state index in [0.717, 1.165) is 13.0 Å². The van der Waals surface area contributed by atoms with Crippen molar-refractivity contribution in [1.29, 1.82) is 0 Å². The number of hydrogen-bond acceptors (Lipinski definition) is 4. The van der Waals surface area contributed by atoms with E-state index in [1.54, 1.807) is 11.1 Å². The van der Waals surface area contributed by atoms with Crippen LogP contribution in [0, 0.1) is 5.41 Å². The molecule has 1 atom stereocenters. The summed E-state index contributed by atoms with van der Waals surface area (Å²) in [5, 5.41) is 9.71. The SMILES string of the molecule is CC1=C(CCN2CCN(C3CCN(C(C)C)CC3)[C@H](CCO)C2)C(C)(C)CCC1. The fourth-order valence-corrected chi connectivity index (χ4v) is 6.25. The van der Waals surface area contributed by atoms with Gasteiger partial charge in [0, 0.05) is 50.9 Å².